The van der Waals surface area contributed by atoms with Crippen molar-refractivity contribution in [3.63, 3.8) is 0 Å². The lowest BCUT2D eigenvalue weighted by Gasteiger charge is -2.27. The molecule has 0 aliphatic carbocycles. The fourth-order valence-corrected chi connectivity index (χ4v) is 3.67. The minimum absolute atomic E-state index is 0.0182. The molecule has 0 fully saturated rings. The molecule has 0 aromatic heterocycles. The first kappa shape index (κ1) is 22.8. The Kier molecular flexibility index (Phi) is 8.03. The summed E-state index contributed by atoms with van der Waals surface area (Å²) in [7, 11) is 4.11. The molecule has 1 heterocycles. The van der Waals surface area contributed by atoms with E-state index in [-0.39, 0.29) is 18.0 Å². The molecule has 0 radical (unpaired) electrons. The lowest BCUT2D eigenvalue weighted by Crippen LogP contribution is -3.06. The maximum absolute atomic E-state index is 13.0. The second-order valence-electron chi connectivity index (χ2n) is 7.98. The number of rotatable bonds is 11. The number of amides is 2. The molecule has 166 valence electrons. The standard InChI is InChI=1S/C24H32N4O3/c1-4-31-16-8-14-28-22(20-11-5-6-12-21(20)24(28)30)26-19-10-7-9-18(17-19)23(29)25-13-15-27(2)3/h5-7,9-12,17,22,26H,4,8,13-16H2,1-3H3,(H,25,29)/p+1/t22-/m0/s1. The largest absolute Gasteiger partial charge is 0.382 e. The van der Waals surface area contributed by atoms with Crippen LogP contribution in [0.5, 0.6) is 0 Å². The van der Waals surface area contributed by atoms with Crippen molar-refractivity contribution in [3.05, 3.63) is 65.2 Å². The Morgan fingerprint density at radius 1 is 1.16 bits per heavy atom. The molecule has 2 aromatic carbocycles. The highest BCUT2D eigenvalue weighted by atomic mass is 16.5. The summed E-state index contributed by atoms with van der Waals surface area (Å²) in [6, 6.07) is 15.1. The zero-order valence-electron chi connectivity index (χ0n) is 18.6. The highest BCUT2D eigenvalue weighted by molar-refractivity contribution is 5.99. The molecule has 0 unspecified atom stereocenters. The van der Waals surface area contributed by atoms with E-state index >= 15 is 0 Å². The summed E-state index contributed by atoms with van der Waals surface area (Å²) in [6.07, 6.45) is 0.489. The van der Waals surface area contributed by atoms with E-state index in [1.165, 1.54) is 4.90 Å². The minimum Gasteiger partial charge on any atom is -0.382 e. The van der Waals surface area contributed by atoms with E-state index in [1.54, 1.807) is 6.07 Å². The lowest BCUT2D eigenvalue weighted by molar-refractivity contribution is -0.856. The first-order valence-corrected chi connectivity index (χ1v) is 10.9. The summed E-state index contributed by atoms with van der Waals surface area (Å²) in [5, 5.41) is 6.42. The zero-order chi connectivity index (χ0) is 22.2. The molecule has 2 aromatic rings. The molecule has 2 amide bonds. The summed E-state index contributed by atoms with van der Waals surface area (Å²) < 4.78 is 5.44. The molecule has 0 saturated carbocycles. The topological polar surface area (TPSA) is 75.1 Å². The number of nitrogens with one attached hydrogen (secondary N) is 3. The normalized spacial score (nSPS) is 15.3. The van der Waals surface area contributed by atoms with Gasteiger partial charge in [-0.15, -0.1) is 0 Å². The quantitative estimate of drug-likeness (QED) is 0.478. The van der Waals surface area contributed by atoms with Crippen molar-refractivity contribution >= 4 is 17.5 Å². The Hall–Kier alpha value is -2.90. The third kappa shape index (κ3) is 5.83. The van der Waals surface area contributed by atoms with Gasteiger partial charge in [0.05, 0.1) is 27.2 Å². The molecule has 0 spiro atoms. The monoisotopic (exact) mass is 425 g/mol. The Balaban J connectivity index is 1.74. The Bertz CT molecular complexity index is 900. The van der Waals surface area contributed by atoms with Gasteiger partial charge in [0, 0.05) is 42.1 Å². The van der Waals surface area contributed by atoms with E-state index in [2.05, 4.69) is 24.7 Å². The number of hydrogen-bond acceptors (Lipinski definition) is 4. The van der Waals surface area contributed by atoms with Gasteiger partial charge in [-0.1, -0.05) is 24.3 Å². The van der Waals surface area contributed by atoms with Gasteiger partial charge in [-0.3, -0.25) is 9.59 Å². The van der Waals surface area contributed by atoms with E-state index in [1.807, 2.05) is 54.3 Å². The van der Waals surface area contributed by atoms with Crippen molar-refractivity contribution in [2.75, 3.05) is 52.3 Å². The van der Waals surface area contributed by atoms with Crippen LogP contribution in [-0.2, 0) is 4.74 Å². The molecule has 31 heavy (non-hydrogen) atoms. The molecule has 1 aliphatic heterocycles. The second-order valence-corrected chi connectivity index (χ2v) is 7.98. The van der Waals surface area contributed by atoms with Crippen molar-refractivity contribution in [1.82, 2.24) is 10.2 Å². The van der Waals surface area contributed by atoms with Gasteiger partial charge in [-0.2, -0.15) is 0 Å². The Morgan fingerprint density at radius 2 is 1.97 bits per heavy atom. The molecule has 0 bridgehead atoms. The van der Waals surface area contributed by atoms with Crippen molar-refractivity contribution in [2.24, 2.45) is 0 Å². The summed E-state index contributed by atoms with van der Waals surface area (Å²) in [5.74, 6) is -0.0777. The second kappa shape index (κ2) is 10.9. The van der Waals surface area contributed by atoms with Gasteiger partial charge in [-0.05, 0) is 37.6 Å². The predicted molar refractivity (Wildman–Crippen MR) is 121 cm³/mol. The van der Waals surface area contributed by atoms with E-state index in [0.717, 1.165) is 29.8 Å². The first-order valence-electron chi connectivity index (χ1n) is 10.9. The number of benzene rings is 2. The molecular weight excluding hydrogens is 392 g/mol. The van der Waals surface area contributed by atoms with Gasteiger partial charge >= 0.3 is 0 Å². The lowest BCUT2D eigenvalue weighted by atomic mass is 10.1. The Labute approximate surface area is 184 Å². The van der Waals surface area contributed by atoms with E-state index in [4.69, 9.17) is 4.74 Å². The molecule has 7 nitrogen and oxygen atoms in total. The number of quaternary nitrogens is 1. The summed E-state index contributed by atoms with van der Waals surface area (Å²) in [4.78, 5) is 28.6. The van der Waals surface area contributed by atoms with Gasteiger partial charge < -0.3 is 25.2 Å². The van der Waals surface area contributed by atoms with Gasteiger partial charge in [0.15, 0.2) is 0 Å². The SMILES string of the molecule is CCOCCCN1C(=O)c2ccccc2[C@H]1Nc1cccc(C(=O)NCC[NH+](C)C)c1. The zero-order valence-corrected chi connectivity index (χ0v) is 18.6. The van der Waals surface area contributed by atoms with Crippen LogP contribution in [0.1, 0.15) is 45.8 Å². The third-order valence-corrected chi connectivity index (χ3v) is 5.29. The fourth-order valence-electron chi connectivity index (χ4n) is 3.67. The summed E-state index contributed by atoms with van der Waals surface area (Å²) in [6.45, 7) is 5.33. The van der Waals surface area contributed by atoms with Crippen LogP contribution in [0.15, 0.2) is 48.5 Å². The van der Waals surface area contributed by atoms with Gasteiger partial charge in [0.1, 0.15) is 6.17 Å². The van der Waals surface area contributed by atoms with E-state index in [9.17, 15) is 9.59 Å². The van der Waals surface area contributed by atoms with Crippen LogP contribution in [0, 0.1) is 0 Å². The summed E-state index contributed by atoms with van der Waals surface area (Å²) in [5.41, 5.74) is 3.07. The Morgan fingerprint density at radius 3 is 2.74 bits per heavy atom. The van der Waals surface area contributed by atoms with Crippen molar-refractivity contribution in [3.8, 4) is 0 Å². The number of ether oxygens (including phenoxy) is 1. The van der Waals surface area contributed by atoms with Crippen LogP contribution >= 0.6 is 0 Å². The van der Waals surface area contributed by atoms with Gasteiger partial charge in [-0.25, -0.2) is 0 Å². The van der Waals surface area contributed by atoms with E-state index < -0.39 is 0 Å². The van der Waals surface area contributed by atoms with Crippen LogP contribution < -0.4 is 15.5 Å². The summed E-state index contributed by atoms with van der Waals surface area (Å²) >= 11 is 0. The molecule has 0 saturated heterocycles. The van der Waals surface area contributed by atoms with Crippen LogP contribution in [0.2, 0.25) is 0 Å². The number of carbonyl (C=O) groups is 2. The van der Waals surface area contributed by atoms with Gasteiger partial charge in [0.2, 0.25) is 0 Å². The molecule has 1 aliphatic rings. The maximum Gasteiger partial charge on any atom is 0.256 e. The first-order chi connectivity index (χ1) is 15.0. The van der Waals surface area contributed by atoms with Crippen LogP contribution in [0.3, 0.4) is 0 Å². The number of likely N-dealkylation sites (N-methyl/N-ethyl adjacent to an activating group) is 1. The fraction of sp³-hybridized carbons (Fsp3) is 0.417. The van der Waals surface area contributed by atoms with E-state index in [0.29, 0.717) is 31.9 Å². The highest BCUT2D eigenvalue weighted by Crippen LogP contribution is 2.34. The van der Waals surface area contributed by atoms with Crippen LogP contribution in [0.4, 0.5) is 5.69 Å². The molecular formula is C24H33N4O3+. The van der Waals surface area contributed by atoms with Crippen LogP contribution in [0.25, 0.3) is 0 Å². The molecule has 1 atom stereocenters. The minimum atomic E-state index is -0.277. The number of nitrogens with zero attached hydrogens (tertiary/aromatic N) is 1. The van der Waals surface area contributed by atoms with Crippen molar-refractivity contribution in [2.45, 2.75) is 19.5 Å². The van der Waals surface area contributed by atoms with Gasteiger partial charge in [0.25, 0.3) is 11.8 Å². The van der Waals surface area contributed by atoms with Crippen molar-refractivity contribution in [1.29, 1.82) is 0 Å². The molecule has 3 N–H and O–H groups in total. The number of fused-ring (bicyclic) bond motifs is 1. The maximum atomic E-state index is 13.0. The number of hydrogen-bond donors (Lipinski definition) is 3. The third-order valence-electron chi connectivity index (χ3n) is 5.29. The van der Waals surface area contributed by atoms with Crippen LogP contribution in [-0.4, -0.2) is 63.7 Å². The predicted octanol–water partition coefficient (Wildman–Crippen LogP) is 1.55. The molecule has 7 heteroatoms. The average molecular weight is 426 g/mol. The van der Waals surface area contributed by atoms with Crippen molar-refractivity contribution < 1.29 is 19.2 Å². The smallest absolute Gasteiger partial charge is 0.256 e. The number of anilines is 1. The molecule has 3 rings (SSSR count). The average Bonchev–Trinajstić information content (AvgIpc) is 3.02. The number of carbonyl (C=O) groups excluding carboxylic acids is 2. The highest BCUT2D eigenvalue weighted by Gasteiger charge is 2.36.